The van der Waals surface area contributed by atoms with Gasteiger partial charge in [-0.3, -0.25) is 37.7 Å². The van der Waals surface area contributed by atoms with Gasteiger partial charge in [-0.25, -0.2) is 4.21 Å². The van der Waals surface area contributed by atoms with E-state index in [1.54, 1.807) is 51.6 Å². The topological polar surface area (TPSA) is 172 Å². The van der Waals surface area contributed by atoms with Crippen LogP contribution >= 0.6 is 0 Å². The molecule has 17 nitrogen and oxygen atoms in total. The van der Waals surface area contributed by atoms with Gasteiger partial charge in [0.1, 0.15) is 0 Å². The summed E-state index contributed by atoms with van der Waals surface area (Å²) in [4.78, 5) is 89.1. The molecule has 0 saturated carbocycles. The lowest BCUT2D eigenvalue weighted by molar-refractivity contribution is -0.146. The predicted molar refractivity (Wildman–Crippen MR) is 183 cm³/mol. The second-order valence-electron chi connectivity index (χ2n) is 12.0. The Morgan fingerprint density at radius 2 is 0.673 bits per heavy atom. The summed E-state index contributed by atoms with van der Waals surface area (Å²) < 4.78 is 17.5. The maximum absolute atomic E-state index is 11.2. The van der Waals surface area contributed by atoms with Crippen LogP contribution in [0.25, 0.3) is 0 Å². The average molecular weight is 717 g/mol. The number of amides is 6. The lowest BCUT2D eigenvalue weighted by Crippen LogP contribution is -2.51. The minimum atomic E-state index is -1.35. The zero-order valence-electron chi connectivity index (χ0n) is 30.5. The minimum Gasteiger partial charge on any atom is -0.340 e. The zero-order valence-corrected chi connectivity index (χ0v) is 31.3. The summed E-state index contributed by atoms with van der Waals surface area (Å²) in [6, 6.07) is 0. The summed E-state index contributed by atoms with van der Waals surface area (Å²) in [6.07, 6.45) is 0. The van der Waals surface area contributed by atoms with E-state index in [4.69, 9.17) is 0 Å². The molecule has 4 heterocycles. The Hall–Kier alpha value is -3.48. The summed E-state index contributed by atoms with van der Waals surface area (Å²) >= 11 is -1.35. The highest BCUT2D eigenvalue weighted by atomic mass is 32.2. The largest absolute Gasteiger partial charge is 0.340 e. The first-order chi connectivity index (χ1) is 23.0. The number of hydrogen-bond donors (Lipinski definition) is 0. The summed E-state index contributed by atoms with van der Waals surface area (Å²) in [5, 5.41) is 0. The van der Waals surface area contributed by atoms with Crippen molar-refractivity contribution in [3.63, 3.8) is 0 Å². The number of nitrogens with zero attached hydrogens (tertiary/aromatic N) is 8. The van der Waals surface area contributed by atoms with Crippen molar-refractivity contribution in [1.82, 2.24) is 38.6 Å². The minimum absolute atomic E-state index is 0.0138. The van der Waals surface area contributed by atoms with E-state index in [9.17, 15) is 37.8 Å². The number of likely N-dealkylation sites (N-methyl/N-ethyl adjacent to an activating group) is 1. The van der Waals surface area contributed by atoms with E-state index in [1.165, 1.54) is 25.9 Å². The van der Waals surface area contributed by atoms with Crippen molar-refractivity contribution < 1.29 is 42.0 Å². The van der Waals surface area contributed by atoms with E-state index in [0.29, 0.717) is 78.5 Å². The third kappa shape index (κ3) is 16.2. The van der Waals surface area contributed by atoms with Crippen LogP contribution in [0.2, 0.25) is 0 Å². The number of piperazine rings is 4. The molecule has 0 spiro atoms. The van der Waals surface area contributed by atoms with Gasteiger partial charge in [-0.15, -0.1) is 0 Å². The van der Waals surface area contributed by atoms with Gasteiger partial charge in [-0.05, 0) is 7.05 Å². The molecule has 0 aliphatic carbocycles. The lowest BCUT2D eigenvalue weighted by Gasteiger charge is -2.33. The highest BCUT2D eigenvalue weighted by Gasteiger charge is 2.25. The summed E-state index contributed by atoms with van der Waals surface area (Å²) in [5.41, 5.74) is 0. The third-order valence-electron chi connectivity index (χ3n) is 8.47. The molecule has 0 aromatic rings. The van der Waals surface area contributed by atoms with Crippen LogP contribution in [0.4, 0.5) is 0 Å². The van der Waals surface area contributed by atoms with E-state index >= 15 is 0 Å². The van der Waals surface area contributed by atoms with Crippen LogP contribution in [0.15, 0.2) is 0 Å². The van der Waals surface area contributed by atoms with Gasteiger partial charge in [-0.2, -0.15) is 4.31 Å². The first-order valence-corrected chi connectivity index (χ1v) is 17.5. The first-order valence-electron chi connectivity index (χ1n) is 16.5. The third-order valence-corrected chi connectivity index (χ3v) is 9.54. The molecule has 4 aliphatic heterocycles. The summed E-state index contributed by atoms with van der Waals surface area (Å²) in [6.45, 7) is 20.0. The van der Waals surface area contributed by atoms with E-state index in [0.717, 1.165) is 26.2 Å². The molecule has 1 unspecified atom stereocenters. The predicted octanol–water partition coefficient (Wildman–Crippen LogP) is -1.88. The molecular formula is C31H56N8O9S. The van der Waals surface area contributed by atoms with E-state index in [2.05, 4.69) is 16.1 Å². The van der Waals surface area contributed by atoms with Gasteiger partial charge >= 0.3 is 0 Å². The van der Waals surface area contributed by atoms with Crippen molar-refractivity contribution in [3.8, 4) is 0 Å². The van der Waals surface area contributed by atoms with Crippen molar-refractivity contribution in [1.29, 1.82) is 0 Å². The van der Waals surface area contributed by atoms with Gasteiger partial charge in [-0.1, -0.05) is 0 Å². The Balaban J connectivity index is 0.000000329. The Kier molecular flexibility index (Phi) is 19.8. The number of rotatable bonds is 3. The second kappa shape index (κ2) is 22.3. The molecule has 0 radical (unpaired) electrons. The Labute approximate surface area is 293 Å². The van der Waals surface area contributed by atoms with Gasteiger partial charge in [0.15, 0.2) is 0 Å². The van der Waals surface area contributed by atoms with Crippen LogP contribution in [0.3, 0.4) is 0 Å². The quantitative estimate of drug-likeness (QED) is 0.301. The number of Topliss-reactive ketones (excluding diaryl/α,β-unsaturated/α-hetero) is 1. The van der Waals surface area contributed by atoms with E-state index in [-0.39, 0.29) is 29.5 Å². The van der Waals surface area contributed by atoms with Gasteiger partial charge in [0.2, 0.25) is 46.6 Å². The molecule has 0 bridgehead atoms. The van der Waals surface area contributed by atoms with Crippen molar-refractivity contribution in [2.24, 2.45) is 0 Å². The van der Waals surface area contributed by atoms with Crippen molar-refractivity contribution >= 4 is 52.5 Å². The standard InChI is InChI=1S/C9H14N2O3.C8H14N2O2.C7H14N2O3S.C7H14N2O/c1-7(12)9(14)11-5-3-10(4-6-11)8(2)13;1-7(11)9-3-5-10(6-4-9)8(2)12;1-7(10)8-3-5-9(6-4-8)13(11)12-2;1-7(10)9-5-3-8(2)4-6-9/h3-6H2,1-2H3;3-6H2,1-2H3;3-6H2,1-2H3;3-6H2,1-2H3. The second-order valence-corrected chi connectivity index (χ2v) is 13.3. The molecule has 6 amide bonds. The van der Waals surface area contributed by atoms with Gasteiger partial charge in [0, 0.05) is 146 Å². The summed E-state index contributed by atoms with van der Waals surface area (Å²) in [5.74, 6) is -0.415. The Morgan fingerprint density at radius 1 is 0.429 bits per heavy atom. The maximum atomic E-state index is 11.2. The molecule has 0 aromatic heterocycles. The molecule has 0 N–H and O–H groups in total. The fourth-order valence-electron chi connectivity index (χ4n) is 5.16. The molecule has 0 aromatic carbocycles. The van der Waals surface area contributed by atoms with Crippen LogP contribution in [-0.2, 0) is 49.0 Å². The van der Waals surface area contributed by atoms with Crippen molar-refractivity contribution in [3.05, 3.63) is 0 Å². The first kappa shape index (κ1) is 43.5. The molecule has 4 aliphatic rings. The van der Waals surface area contributed by atoms with Gasteiger partial charge in [0.05, 0.1) is 7.11 Å². The number of hydrogen-bond acceptors (Lipinski definition) is 10. The number of carbonyl (C=O) groups excluding carboxylic acids is 7. The molecule has 1 atom stereocenters. The molecule has 4 rings (SSSR count). The van der Waals surface area contributed by atoms with Crippen LogP contribution < -0.4 is 0 Å². The molecule has 4 fully saturated rings. The van der Waals surface area contributed by atoms with Crippen molar-refractivity contribution in [2.75, 3.05) is 119 Å². The number of carbonyl (C=O) groups is 7. The normalized spacial score (nSPS) is 19.2. The van der Waals surface area contributed by atoms with Crippen molar-refractivity contribution in [2.45, 2.75) is 41.5 Å². The van der Waals surface area contributed by atoms with Gasteiger partial charge in [0.25, 0.3) is 5.91 Å². The van der Waals surface area contributed by atoms with Crippen LogP contribution in [-0.4, -0.2) is 203 Å². The monoisotopic (exact) mass is 716 g/mol. The summed E-state index contributed by atoms with van der Waals surface area (Å²) in [7, 11) is 3.49. The molecule has 49 heavy (non-hydrogen) atoms. The molecule has 18 heteroatoms. The number of ketones is 1. The Morgan fingerprint density at radius 3 is 0.918 bits per heavy atom. The highest BCUT2D eigenvalue weighted by Crippen LogP contribution is 2.05. The van der Waals surface area contributed by atoms with Crippen LogP contribution in [0, 0.1) is 0 Å². The molecule has 4 saturated heterocycles. The van der Waals surface area contributed by atoms with E-state index in [1.807, 2.05) is 4.90 Å². The molecule has 280 valence electrons. The fourth-order valence-corrected chi connectivity index (χ4v) is 5.83. The van der Waals surface area contributed by atoms with Crippen LogP contribution in [0.5, 0.6) is 0 Å². The average Bonchev–Trinajstić information content (AvgIpc) is 3.08. The Bertz CT molecular complexity index is 1140. The SMILES string of the molecule is CC(=O)C(=O)N1CCN(C(C)=O)CC1.CC(=O)N1CCN(C(C)=O)CC1.CC(=O)N1CCN(C)CC1.COS(=O)N1CCN(C(C)=O)CC1. The van der Waals surface area contributed by atoms with Crippen LogP contribution in [0.1, 0.15) is 41.5 Å². The van der Waals surface area contributed by atoms with Gasteiger partial charge < -0.3 is 34.3 Å². The zero-order chi connectivity index (χ0) is 37.3. The lowest BCUT2D eigenvalue weighted by atomic mass is 10.3. The highest BCUT2D eigenvalue weighted by molar-refractivity contribution is 7.77. The smallest absolute Gasteiger partial charge is 0.289 e. The maximum Gasteiger partial charge on any atom is 0.289 e. The fraction of sp³-hybridized carbons (Fsp3) is 0.774. The van der Waals surface area contributed by atoms with E-state index < -0.39 is 23.0 Å². The molecular weight excluding hydrogens is 660 g/mol.